The summed E-state index contributed by atoms with van der Waals surface area (Å²) in [5.74, 6) is -0.374. The van der Waals surface area contributed by atoms with Gasteiger partial charge < -0.3 is 5.11 Å². The van der Waals surface area contributed by atoms with E-state index in [9.17, 15) is 15.2 Å². The van der Waals surface area contributed by atoms with Crippen LogP contribution in [0, 0.1) is 17.0 Å². The molecule has 0 aliphatic carbocycles. The third-order valence-corrected chi connectivity index (χ3v) is 2.25. The van der Waals surface area contributed by atoms with E-state index in [1.54, 1.807) is 19.1 Å². The van der Waals surface area contributed by atoms with E-state index in [0.717, 1.165) is 10.9 Å². The Labute approximate surface area is 85.1 Å². The Hall–Kier alpha value is -2.17. The highest BCUT2D eigenvalue weighted by Gasteiger charge is 2.18. The number of phenols is 1. The van der Waals surface area contributed by atoms with Gasteiger partial charge in [-0.15, -0.1) is 0 Å². The Morgan fingerprint density at radius 1 is 1.53 bits per heavy atom. The molecule has 0 amide bonds. The van der Waals surface area contributed by atoms with Gasteiger partial charge in [0.2, 0.25) is 5.75 Å². The SMILES string of the molecule is Cc1cc([N+](=O)[O-])c(O)c2ncccc12. The smallest absolute Gasteiger partial charge is 0.313 e. The van der Waals surface area contributed by atoms with Gasteiger partial charge in [0.05, 0.1) is 4.92 Å². The van der Waals surface area contributed by atoms with Crippen molar-refractivity contribution < 1.29 is 10.0 Å². The number of nitro groups is 1. The Morgan fingerprint density at radius 2 is 2.27 bits per heavy atom. The molecule has 0 fully saturated rings. The second-order valence-electron chi connectivity index (χ2n) is 3.22. The van der Waals surface area contributed by atoms with Gasteiger partial charge in [-0.2, -0.15) is 0 Å². The molecule has 0 unspecified atom stereocenters. The first-order valence-corrected chi connectivity index (χ1v) is 4.33. The fourth-order valence-electron chi connectivity index (χ4n) is 1.52. The van der Waals surface area contributed by atoms with Crippen LogP contribution in [0.3, 0.4) is 0 Å². The van der Waals surface area contributed by atoms with Crippen LogP contribution in [0.2, 0.25) is 0 Å². The van der Waals surface area contributed by atoms with E-state index in [1.165, 1.54) is 12.3 Å². The lowest BCUT2D eigenvalue weighted by atomic mass is 10.1. The molecule has 5 nitrogen and oxygen atoms in total. The summed E-state index contributed by atoms with van der Waals surface area (Å²) in [5, 5.41) is 21.0. The zero-order valence-electron chi connectivity index (χ0n) is 7.97. The van der Waals surface area contributed by atoms with E-state index >= 15 is 0 Å². The molecule has 76 valence electrons. The molecule has 1 heterocycles. The highest BCUT2D eigenvalue weighted by Crippen LogP contribution is 2.34. The van der Waals surface area contributed by atoms with Crippen LogP contribution < -0.4 is 0 Å². The Kier molecular flexibility index (Phi) is 2.00. The van der Waals surface area contributed by atoms with Gasteiger partial charge in [0, 0.05) is 17.6 Å². The molecule has 0 bridgehead atoms. The molecule has 5 heteroatoms. The van der Waals surface area contributed by atoms with Gasteiger partial charge in [-0.05, 0) is 18.6 Å². The van der Waals surface area contributed by atoms with Crippen LogP contribution in [0.15, 0.2) is 24.4 Å². The van der Waals surface area contributed by atoms with Gasteiger partial charge in [-0.25, -0.2) is 0 Å². The highest BCUT2D eigenvalue weighted by atomic mass is 16.6. The van der Waals surface area contributed by atoms with Gasteiger partial charge in [-0.1, -0.05) is 6.07 Å². The number of pyridine rings is 1. The molecule has 1 aromatic carbocycles. The van der Waals surface area contributed by atoms with Crippen LogP contribution in [-0.4, -0.2) is 15.0 Å². The third kappa shape index (κ3) is 1.38. The second kappa shape index (κ2) is 3.20. The van der Waals surface area contributed by atoms with Crippen LogP contribution in [0.5, 0.6) is 5.75 Å². The topological polar surface area (TPSA) is 76.3 Å². The first-order chi connectivity index (χ1) is 7.11. The number of benzene rings is 1. The fourth-order valence-corrected chi connectivity index (χ4v) is 1.52. The fraction of sp³-hybridized carbons (Fsp3) is 0.100. The Balaban J connectivity index is 2.90. The third-order valence-electron chi connectivity index (χ3n) is 2.25. The average Bonchev–Trinajstić information content (AvgIpc) is 2.23. The van der Waals surface area contributed by atoms with E-state index in [0.29, 0.717) is 0 Å². The second-order valence-corrected chi connectivity index (χ2v) is 3.22. The Bertz CT molecular complexity index is 552. The van der Waals surface area contributed by atoms with Crippen molar-refractivity contribution >= 4 is 16.6 Å². The summed E-state index contributed by atoms with van der Waals surface area (Å²) in [6.07, 6.45) is 1.49. The van der Waals surface area contributed by atoms with Gasteiger partial charge in [0.15, 0.2) is 0 Å². The molecule has 2 aromatic rings. The van der Waals surface area contributed by atoms with Crippen LogP contribution in [0.4, 0.5) is 5.69 Å². The lowest BCUT2D eigenvalue weighted by molar-refractivity contribution is -0.385. The van der Waals surface area contributed by atoms with Crippen molar-refractivity contribution in [2.24, 2.45) is 0 Å². The molecular formula is C10H8N2O3. The average molecular weight is 204 g/mol. The number of fused-ring (bicyclic) bond motifs is 1. The predicted octanol–water partition coefficient (Wildman–Crippen LogP) is 2.16. The maximum Gasteiger partial charge on any atom is 0.313 e. The standard InChI is InChI=1S/C10H8N2O3/c1-6-5-8(12(14)15)10(13)9-7(6)3-2-4-11-9/h2-5,13H,1H3. The minimum atomic E-state index is -0.615. The Morgan fingerprint density at radius 3 is 2.93 bits per heavy atom. The molecule has 1 N–H and O–H groups in total. The molecule has 0 atom stereocenters. The summed E-state index contributed by atoms with van der Waals surface area (Å²) >= 11 is 0. The lowest BCUT2D eigenvalue weighted by Gasteiger charge is -2.03. The highest BCUT2D eigenvalue weighted by molar-refractivity contribution is 5.90. The van der Waals surface area contributed by atoms with Crippen LogP contribution >= 0.6 is 0 Å². The predicted molar refractivity (Wildman–Crippen MR) is 54.8 cm³/mol. The summed E-state index contributed by atoms with van der Waals surface area (Å²) < 4.78 is 0. The normalized spacial score (nSPS) is 10.5. The molecule has 0 saturated heterocycles. The maximum atomic E-state index is 10.6. The van der Waals surface area contributed by atoms with E-state index in [4.69, 9.17) is 0 Å². The number of aryl methyl sites for hydroxylation is 1. The van der Waals surface area contributed by atoms with Gasteiger partial charge in [-0.3, -0.25) is 15.1 Å². The van der Waals surface area contributed by atoms with Crippen molar-refractivity contribution in [3.05, 3.63) is 40.1 Å². The van der Waals surface area contributed by atoms with E-state index in [2.05, 4.69) is 4.98 Å². The quantitative estimate of drug-likeness (QED) is 0.570. The number of hydrogen-bond donors (Lipinski definition) is 1. The molecule has 0 spiro atoms. The van der Waals surface area contributed by atoms with Crippen LogP contribution in [-0.2, 0) is 0 Å². The van der Waals surface area contributed by atoms with Gasteiger partial charge in [0.25, 0.3) is 0 Å². The molecule has 15 heavy (non-hydrogen) atoms. The molecular weight excluding hydrogens is 196 g/mol. The first-order valence-electron chi connectivity index (χ1n) is 4.33. The van der Waals surface area contributed by atoms with E-state index < -0.39 is 4.92 Å². The number of phenolic OH excluding ortho intramolecular Hbond substituents is 1. The zero-order valence-corrected chi connectivity index (χ0v) is 7.97. The largest absolute Gasteiger partial charge is 0.501 e. The summed E-state index contributed by atoms with van der Waals surface area (Å²) in [6, 6.07) is 4.83. The molecule has 0 aliphatic rings. The van der Waals surface area contributed by atoms with Crippen LogP contribution in [0.1, 0.15) is 5.56 Å². The summed E-state index contributed by atoms with van der Waals surface area (Å²) in [5.41, 5.74) is 0.686. The van der Waals surface area contributed by atoms with E-state index in [-0.39, 0.29) is 17.0 Å². The minimum absolute atomic E-state index is 0.268. The van der Waals surface area contributed by atoms with Crippen molar-refractivity contribution in [2.75, 3.05) is 0 Å². The van der Waals surface area contributed by atoms with Crippen molar-refractivity contribution in [1.82, 2.24) is 4.98 Å². The number of aromatic hydroxyl groups is 1. The van der Waals surface area contributed by atoms with Gasteiger partial charge in [0.1, 0.15) is 5.52 Å². The van der Waals surface area contributed by atoms with Gasteiger partial charge >= 0.3 is 5.69 Å². The molecule has 1 aromatic heterocycles. The molecule has 0 radical (unpaired) electrons. The number of nitro benzene ring substituents is 1. The zero-order chi connectivity index (χ0) is 11.0. The first kappa shape index (κ1) is 9.39. The van der Waals surface area contributed by atoms with Crippen molar-refractivity contribution in [1.29, 1.82) is 0 Å². The van der Waals surface area contributed by atoms with Crippen molar-refractivity contribution in [3.8, 4) is 5.75 Å². The molecule has 2 rings (SSSR count). The summed E-state index contributed by atoms with van der Waals surface area (Å²) in [6.45, 7) is 1.75. The lowest BCUT2D eigenvalue weighted by Crippen LogP contribution is -1.92. The van der Waals surface area contributed by atoms with E-state index in [1.807, 2.05) is 0 Å². The van der Waals surface area contributed by atoms with Crippen molar-refractivity contribution in [2.45, 2.75) is 6.92 Å². The summed E-state index contributed by atoms with van der Waals surface area (Å²) in [4.78, 5) is 14.0. The van der Waals surface area contributed by atoms with Crippen molar-refractivity contribution in [3.63, 3.8) is 0 Å². The number of aromatic nitrogens is 1. The number of nitrogens with zero attached hydrogens (tertiary/aromatic N) is 2. The molecule has 0 aliphatic heterocycles. The monoisotopic (exact) mass is 204 g/mol. The minimum Gasteiger partial charge on any atom is -0.501 e. The van der Waals surface area contributed by atoms with Crippen LogP contribution in [0.25, 0.3) is 10.9 Å². The number of hydrogen-bond acceptors (Lipinski definition) is 4. The summed E-state index contributed by atoms with van der Waals surface area (Å²) in [7, 11) is 0. The maximum absolute atomic E-state index is 10.6. The molecule has 0 saturated carbocycles. The number of rotatable bonds is 1.